The Morgan fingerprint density at radius 2 is 1.85 bits per heavy atom. The van der Waals surface area contributed by atoms with E-state index >= 15 is 0 Å². The van der Waals surface area contributed by atoms with Crippen LogP contribution < -0.4 is 0 Å². The highest BCUT2D eigenvalue weighted by molar-refractivity contribution is 5.73. The molecule has 2 rings (SSSR count). The number of allylic oxidation sites excluding steroid dienone is 1. The van der Waals surface area contributed by atoms with E-state index in [1.54, 1.807) is 0 Å². The first-order valence-electron chi connectivity index (χ1n) is 4.45. The van der Waals surface area contributed by atoms with Gasteiger partial charge in [0.05, 0.1) is 5.41 Å². The Morgan fingerprint density at radius 1 is 1.23 bits per heavy atom. The van der Waals surface area contributed by atoms with Gasteiger partial charge in [0.25, 0.3) is 0 Å². The molecule has 0 bridgehead atoms. The van der Waals surface area contributed by atoms with E-state index < -0.39 is 0 Å². The summed E-state index contributed by atoms with van der Waals surface area (Å²) in [5.74, 6) is 0. The summed E-state index contributed by atoms with van der Waals surface area (Å²) >= 11 is 0. The van der Waals surface area contributed by atoms with Crippen LogP contribution in [0.15, 0.2) is 42.5 Å². The van der Waals surface area contributed by atoms with Crippen molar-refractivity contribution in [2.45, 2.75) is 18.3 Å². The van der Waals surface area contributed by atoms with Gasteiger partial charge in [-0.3, -0.25) is 0 Å². The highest BCUT2D eigenvalue weighted by Crippen LogP contribution is 2.44. The molecule has 1 aromatic carbocycles. The molecule has 66 valence electrons. The molecular weight excluding hydrogens is 160 g/mol. The van der Waals surface area contributed by atoms with Crippen LogP contribution in [0.4, 0.5) is 0 Å². The van der Waals surface area contributed by atoms with E-state index in [0.717, 1.165) is 24.7 Å². The summed E-state index contributed by atoms with van der Waals surface area (Å²) in [6.45, 7) is 3.87. The van der Waals surface area contributed by atoms with Crippen LogP contribution in [0, 0.1) is 0 Å². The zero-order valence-electron chi connectivity index (χ0n) is 7.49. The Kier molecular flexibility index (Phi) is 1.80. The molecule has 0 saturated heterocycles. The summed E-state index contributed by atoms with van der Waals surface area (Å²) in [5, 5.41) is 0. The van der Waals surface area contributed by atoms with Crippen LogP contribution >= 0.6 is 0 Å². The minimum Gasteiger partial charge on any atom is -0.302 e. The van der Waals surface area contributed by atoms with Gasteiger partial charge in [0.15, 0.2) is 0 Å². The van der Waals surface area contributed by atoms with E-state index in [2.05, 4.69) is 6.58 Å². The molecule has 0 unspecified atom stereocenters. The van der Waals surface area contributed by atoms with Crippen molar-refractivity contribution in [3.63, 3.8) is 0 Å². The van der Waals surface area contributed by atoms with Crippen LogP contribution in [0.25, 0.3) is 0 Å². The Bertz CT molecular complexity index is 329. The summed E-state index contributed by atoms with van der Waals surface area (Å²) < 4.78 is 0. The molecular formula is C12H12O. The van der Waals surface area contributed by atoms with Crippen molar-refractivity contribution in [2.24, 2.45) is 0 Å². The minimum atomic E-state index is -0.252. The van der Waals surface area contributed by atoms with Crippen molar-refractivity contribution in [3.05, 3.63) is 48.0 Å². The molecule has 0 N–H and O–H groups in total. The van der Waals surface area contributed by atoms with Crippen LogP contribution in [0.3, 0.4) is 0 Å². The van der Waals surface area contributed by atoms with Gasteiger partial charge in [-0.1, -0.05) is 42.5 Å². The van der Waals surface area contributed by atoms with Gasteiger partial charge in [-0.05, 0) is 18.4 Å². The van der Waals surface area contributed by atoms with E-state index in [1.165, 1.54) is 5.57 Å². The van der Waals surface area contributed by atoms with Crippen LogP contribution in [0.1, 0.15) is 18.4 Å². The summed E-state index contributed by atoms with van der Waals surface area (Å²) in [6.07, 6.45) is 2.71. The third kappa shape index (κ3) is 1.21. The number of benzene rings is 1. The summed E-state index contributed by atoms with van der Waals surface area (Å²) in [7, 11) is 0. The summed E-state index contributed by atoms with van der Waals surface area (Å²) in [6, 6.07) is 9.94. The number of hydrogen-bond donors (Lipinski definition) is 0. The van der Waals surface area contributed by atoms with Crippen LogP contribution in [0.5, 0.6) is 0 Å². The molecule has 13 heavy (non-hydrogen) atoms. The van der Waals surface area contributed by atoms with Crippen LogP contribution in [-0.4, -0.2) is 6.29 Å². The highest BCUT2D eigenvalue weighted by Gasteiger charge is 2.40. The zero-order valence-corrected chi connectivity index (χ0v) is 7.49. The molecule has 1 aromatic rings. The van der Waals surface area contributed by atoms with Crippen LogP contribution in [0.2, 0.25) is 0 Å². The molecule has 0 heterocycles. The van der Waals surface area contributed by atoms with Gasteiger partial charge in [-0.15, -0.1) is 0 Å². The largest absolute Gasteiger partial charge is 0.302 e. The van der Waals surface area contributed by atoms with Gasteiger partial charge >= 0.3 is 0 Å². The van der Waals surface area contributed by atoms with Gasteiger partial charge in [0.1, 0.15) is 6.29 Å². The second-order valence-electron chi connectivity index (χ2n) is 3.74. The maximum absolute atomic E-state index is 11.0. The number of hydrogen-bond acceptors (Lipinski definition) is 1. The van der Waals surface area contributed by atoms with E-state index in [-0.39, 0.29) is 5.41 Å². The van der Waals surface area contributed by atoms with Gasteiger partial charge in [0.2, 0.25) is 0 Å². The normalized spacial score (nSPS) is 19.2. The fourth-order valence-electron chi connectivity index (χ4n) is 1.97. The molecule has 1 saturated carbocycles. The molecule has 1 aliphatic carbocycles. The molecule has 0 aromatic heterocycles. The molecule has 1 nitrogen and oxygen atoms in total. The highest BCUT2D eigenvalue weighted by atomic mass is 16.1. The van der Waals surface area contributed by atoms with E-state index in [0.29, 0.717) is 0 Å². The molecule has 1 fully saturated rings. The van der Waals surface area contributed by atoms with Crippen molar-refractivity contribution < 1.29 is 4.79 Å². The second kappa shape index (κ2) is 2.84. The molecule has 0 amide bonds. The lowest BCUT2D eigenvalue weighted by atomic mass is 9.63. The molecule has 0 aliphatic heterocycles. The Morgan fingerprint density at radius 3 is 2.31 bits per heavy atom. The average Bonchev–Trinajstić information content (AvgIpc) is 2.14. The summed E-state index contributed by atoms with van der Waals surface area (Å²) in [5.41, 5.74) is 2.05. The van der Waals surface area contributed by atoms with Gasteiger partial charge in [-0.2, -0.15) is 0 Å². The first kappa shape index (κ1) is 8.24. The van der Waals surface area contributed by atoms with Gasteiger partial charge in [-0.25, -0.2) is 0 Å². The third-order valence-corrected chi connectivity index (χ3v) is 2.71. The monoisotopic (exact) mass is 172 g/mol. The van der Waals surface area contributed by atoms with E-state index in [9.17, 15) is 4.79 Å². The molecule has 0 atom stereocenters. The Balaban J connectivity index is 2.34. The second-order valence-corrected chi connectivity index (χ2v) is 3.74. The van der Waals surface area contributed by atoms with Crippen LogP contribution in [-0.2, 0) is 10.2 Å². The van der Waals surface area contributed by atoms with E-state index in [1.807, 2.05) is 30.3 Å². The number of aldehydes is 1. The molecule has 1 aliphatic rings. The topological polar surface area (TPSA) is 17.1 Å². The summed E-state index contributed by atoms with van der Waals surface area (Å²) in [4.78, 5) is 11.0. The maximum Gasteiger partial charge on any atom is 0.131 e. The van der Waals surface area contributed by atoms with Gasteiger partial charge < -0.3 is 4.79 Å². The fraction of sp³-hybridized carbons (Fsp3) is 0.250. The quantitative estimate of drug-likeness (QED) is 0.494. The van der Waals surface area contributed by atoms with E-state index in [4.69, 9.17) is 0 Å². The lowest BCUT2D eigenvalue weighted by molar-refractivity contribution is -0.113. The number of carbonyl (C=O) groups excluding carboxylic acids is 1. The minimum absolute atomic E-state index is 0.252. The lowest BCUT2D eigenvalue weighted by Crippen LogP contribution is -2.37. The number of rotatable bonds is 2. The van der Waals surface area contributed by atoms with Crippen molar-refractivity contribution in [1.82, 2.24) is 0 Å². The van der Waals surface area contributed by atoms with Crippen molar-refractivity contribution in [1.29, 1.82) is 0 Å². The fourth-order valence-corrected chi connectivity index (χ4v) is 1.97. The predicted molar refractivity (Wildman–Crippen MR) is 52.6 cm³/mol. The first-order chi connectivity index (χ1) is 6.27. The van der Waals surface area contributed by atoms with Crippen molar-refractivity contribution >= 4 is 6.29 Å². The maximum atomic E-state index is 11.0. The third-order valence-electron chi connectivity index (χ3n) is 2.71. The molecule has 1 heteroatoms. The molecule has 0 spiro atoms. The van der Waals surface area contributed by atoms with Gasteiger partial charge in [0, 0.05) is 0 Å². The number of carbonyl (C=O) groups is 1. The smallest absolute Gasteiger partial charge is 0.131 e. The van der Waals surface area contributed by atoms with Crippen molar-refractivity contribution in [3.8, 4) is 0 Å². The average molecular weight is 172 g/mol. The predicted octanol–water partition coefficient (Wildman–Crippen LogP) is 2.47. The SMILES string of the molecule is C=C1CC(C=O)(c2ccccc2)C1. The lowest BCUT2D eigenvalue weighted by Gasteiger charge is -2.39. The Hall–Kier alpha value is -1.37. The Labute approximate surface area is 78.1 Å². The standard InChI is InChI=1S/C12H12O/c1-10-7-12(8-10,9-13)11-5-3-2-4-6-11/h2-6,9H,1,7-8H2. The zero-order chi connectivity index (χ0) is 9.31. The first-order valence-corrected chi connectivity index (χ1v) is 4.45. The molecule has 0 radical (unpaired) electrons. The van der Waals surface area contributed by atoms with Crippen molar-refractivity contribution in [2.75, 3.05) is 0 Å².